The van der Waals surface area contributed by atoms with Gasteiger partial charge < -0.3 is 5.32 Å². The van der Waals surface area contributed by atoms with Crippen molar-refractivity contribution in [3.8, 4) is 0 Å². The van der Waals surface area contributed by atoms with E-state index < -0.39 is 0 Å². The van der Waals surface area contributed by atoms with Gasteiger partial charge in [-0.2, -0.15) is 11.8 Å². The molecular formula is C15H30N2S. The Hall–Kier alpha value is 0.270. The summed E-state index contributed by atoms with van der Waals surface area (Å²) in [5.74, 6) is 2.12. The van der Waals surface area contributed by atoms with E-state index in [1.807, 2.05) is 0 Å². The lowest BCUT2D eigenvalue weighted by Crippen LogP contribution is -2.60. The Bertz CT molecular complexity index is 261. The van der Waals surface area contributed by atoms with E-state index >= 15 is 0 Å². The van der Waals surface area contributed by atoms with E-state index in [2.05, 4.69) is 49.7 Å². The van der Waals surface area contributed by atoms with Crippen LogP contribution >= 0.6 is 11.8 Å². The summed E-state index contributed by atoms with van der Waals surface area (Å²) in [6, 6.07) is 1.43. The van der Waals surface area contributed by atoms with Crippen LogP contribution in [0.5, 0.6) is 0 Å². The fourth-order valence-corrected chi connectivity index (χ4v) is 4.73. The maximum atomic E-state index is 3.72. The predicted molar refractivity (Wildman–Crippen MR) is 82.4 cm³/mol. The summed E-state index contributed by atoms with van der Waals surface area (Å²) in [5, 5.41) is 3.72. The Morgan fingerprint density at radius 2 is 2.22 bits per heavy atom. The Labute approximate surface area is 117 Å². The van der Waals surface area contributed by atoms with E-state index in [0.29, 0.717) is 10.8 Å². The molecule has 0 aromatic heterocycles. The molecule has 3 unspecified atom stereocenters. The standard InChI is InChI=1S/C15H30N2S/c1-5-13-10-17(14(9-16-13)12(2)3)11-15(4)7-6-8-18-15/h12-14,16H,5-11H2,1-4H3. The van der Waals surface area contributed by atoms with Crippen LogP contribution in [0.3, 0.4) is 0 Å². The molecule has 2 fully saturated rings. The maximum Gasteiger partial charge on any atom is 0.0259 e. The molecule has 3 heteroatoms. The summed E-state index contributed by atoms with van der Waals surface area (Å²) in [6.45, 7) is 13.2. The lowest BCUT2D eigenvalue weighted by atomic mass is 9.95. The molecule has 2 heterocycles. The molecule has 3 atom stereocenters. The smallest absolute Gasteiger partial charge is 0.0259 e. The number of hydrogen-bond acceptors (Lipinski definition) is 3. The summed E-state index contributed by atoms with van der Waals surface area (Å²) >= 11 is 2.20. The molecule has 2 nitrogen and oxygen atoms in total. The van der Waals surface area contributed by atoms with E-state index in [-0.39, 0.29) is 0 Å². The predicted octanol–water partition coefficient (Wildman–Crippen LogP) is 2.98. The van der Waals surface area contributed by atoms with Gasteiger partial charge in [-0.25, -0.2) is 0 Å². The SMILES string of the molecule is CCC1CN(CC2(C)CCCS2)C(C(C)C)CN1. The van der Waals surface area contributed by atoms with E-state index in [1.54, 1.807) is 0 Å². The zero-order chi connectivity index (χ0) is 13.2. The van der Waals surface area contributed by atoms with Gasteiger partial charge in [-0.1, -0.05) is 20.8 Å². The fourth-order valence-electron chi connectivity index (χ4n) is 3.40. The van der Waals surface area contributed by atoms with Crippen molar-refractivity contribution in [2.75, 3.05) is 25.4 Å². The van der Waals surface area contributed by atoms with Gasteiger partial charge in [0.05, 0.1) is 0 Å². The van der Waals surface area contributed by atoms with Gasteiger partial charge in [-0.05, 0) is 37.9 Å². The molecule has 18 heavy (non-hydrogen) atoms. The third-order valence-electron chi connectivity index (χ3n) is 4.64. The number of hydrogen-bond donors (Lipinski definition) is 1. The van der Waals surface area contributed by atoms with Crippen molar-refractivity contribution in [2.24, 2.45) is 5.92 Å². The van der Waals surface area contributed by atoms with Crippen molar-refractivity contribution in [3.05, 3.63) is 0 Å². The van der Waals surface area contributed by atoms with Crippen molar-refractivity contribution in [2.45, 2.75) is 63.8 Å². The van der Waals surface area contributed by atoms with E-state index in [1.165, 1.54) is 44.6 Å². The van der Waals surface area contributed by atoms with Crippen molar-refractivity contribution in [3.63, 3.8) is 0 Å². The molecule has 0 radical (unpaired) electrons. The zero-order valence-electron chi connectivity index (χ0n) is 12.5. The molecule has 2 rings (SSSR count). The first-order chi connectivity index (χ1) is 8.54. The number of nitrogens with one attached hydrogen (secondary N) is 1. The number of nitrogens with zero attached hydrogens (tertiary/aromatic N) is 1. The van der Waals surface area contributed by atoms with Crippen LogP contribution in [0.2, 0.25) is 0 Å². The molecule has 2 aliphatic rings. The second-order valence-electron chi connectivity index (χ2n) is 6.66. The average molecular weight is 270 g/mol. The molecule has 0 amide bonds. The summed E-state index contributed by atoms with van der Waals surface area (Å²) in [7, 11) is 0. The molecule has 0 bridgehead atoms. The minimum atomic E-state index is 0.517. The topological polar surface area (TPSA) is 15.3 Å². The maximum absolute atomic E-state index is 3.72. The minimum absolute atomic E-state index is 0.517. The number of piperazine rings is 1. The number of rotatable bonds is 4. The van der Waals surface area contributed by atoms with Gasteiger partial charge in [0, 0.05) is 36.5 Å². The van der Waals surface area contributed by atoms with Gasteiger partial charge >= 0.3 is 0 Å². The summed E-state index contributed by atoms with van der Waals surface area (Å²) in [6.07, 6.45) is 4.07. The third kappa shape index (κ3) is 3.43. The Balaban J connectivity index is 2.00. The highest BCUT2D eigenvalue weighted by Crippen LogP contribution is 2.39. The second kappa shape index (κ2) is 6.15. The first-order valence-electron chi connectivity index (χ1n) is 7.65. The average Bonchev–Trinajstić information content (AvgIpc) is 2.75. The summed E-state index contributed by atoms with van der Waals surface area (Å²) < 4.78 is 0.517. The lowest BCUT2D eigenvalue weighted by Gasteiger charge is -2.45. The van der Waals surface area contributed by atoms with E-state index in [9.17, 15) is 0 Å². The van der Waals surface area contributed by atoms with Crippen LogP contribution in [0, 0.1) is 5.92 Å². The van der Waals surface area contributed by atoms with Gasteiger partial charge in [0.2, 0.25) is 0 Å². The van der Waals surface area contributed by atoms with Gasteiger partial charge in [0.1, 0.15) is 0 Å². The Kier molecular flexibility index (Phi) is 5.01. The third-order valence-corrected chi connectivity index (χ3v) is 6.16. The van der Waals surface area contributed by atoms with Crippen LogP contribution in [0.4, 0.5) is 0 Å². The highest BCUT2D eigenvalue weighted by Gasteiger charge is 2.36. The van der Waals surface area contributed by atoms with Crippen LogP contribution in [0.25, 0.3) is 0 Å². The van der Waals surface area contributed by atoms with Crippen molar-refractivity contribution in [1.29, 1.82) is 0 Å². The monoisotopic (exact) mass is 270 g/mol. The van der Waals surface area contributed by atoms with Crippen LogP contribution < -0.4 is 5.32 Å². The number of thioether (sulfide) groups is 1. The first kappa shape index (κ1) is 14.7. The minimum Gasteiger partial charge on any atom is -0.311 e. The fraction of sp³-hybridized carbons (Fsp3) is 1.00. The Morgan fingerprint density at radius 3 is 2.78 bits per heavy atom. The van der Waals surface area contributed by atoms with Gasteiger partial charge in [-0.3, -0.25) is 4.90 Å². The summed E-state index contributed by atoms with van der Waals surface area (Å²) in [5.41, 5.74) is 0. The van der Waals surface area contributed by atoms with Crippen LogP contribution in [-0.2, 0) is 0 Å². The molecule has 0 spiro atoms. The molecule has 0 saturated carbocycles. The Morgan fingerprint density at radius 1 is 1.44 bits per heavy atom. The molecule has 2 saturated heterocycles. The highest BCUT2D eigenvalue weighted by atomic mass is 32.2. The van der Waals surface area contributed by atoms with Gasteiger partial charge in [0.25, 0.3) is 0 Å². The molecule has 106 valence electrons. The van der Waals surface area contributed by atoms with Crippen LogP contribution in [0.15, 0.2) is 0 Å². The first-order valence-corrected chi connectivity index (χ1v) is 8.64. The summed E-state index contributed by atoms with van der Waals surface area (Å²) in [4.78, 5) is 2.79. The van der Waals surface area contributed by atoms with Crippen molar-refractivity contribution >= 4 is 11.8 Å². The van der Waals surface area contributed by atoms with Crippen molar-refractivity contribution < 1.29 is 0 Å². The van der Waals surface area contributed by atoms with Crippen LogP contribution in [0.1, 0.15) is 47.0 Å². The van der Waals surface area contributed by atoms with E-state index in [0.717, 1.165) is 12.0 Å². The quantitative estimate of drug-likeness (QED) is 0.845. The molecule has 0 aromatic carbocycles. The van der Waals surface area contributed by atoms with Gasteiger partial charge in [-0.15, -0.1) is 0 Å². The molecule has 1 N–H and O–H groups in total. The van der Waals surface area contributed by atoms with Crippen molar-refractivity contribution in [1.82, 2.24) is 10.2 Å². The van der Waals surface area contributed by atoms with Gasteiger partial charge in [0.15, 0.2) is 0 Å². The largest absolute Gasteiger partial charge is 0.311 e. The highest BCUT2D eigenvalue weighted by molar-refractivity contribution is 8.00. The molecule has 2 aliphatic heterocycles. The molecular weight excluding hydrogens is 240 g/mol. The molecule has 0 aliphatic carbocycles. The zero-order valence-corrected chi connectivity index (χ0v) is 13.4. The van der Waals surface area contributed by atoms with E-state index in [4.69, 9.17) is 0 Å². The normalized spacial score (nSPS) is 38.5. The molecule has 0 aromatic rings. The lowest BCUT2D eigenvalue weighted by molar-refractivity contribution is 0.0880. The second-order valence-corrected chi connectivity index (χ2v) is 8.34. The van der Waals surface area contributed by atoms with Crippen LogP contribution in [-0.4, -0.2) is 47.1 Å².